The van der Waals surface area contributed by atoms with Crippen LogP contribution in [0.15, 0.2) is 0 Å². The lowest BCUT2D eigenvalue weighted by molar-refractivity contribution is -0.130. The molecule has 0 atom stereocenters. The minimum atomic E-state index is -0.0164. The fourth-order valence-corrected chi connectivity index (χ4v) is 2.36. The fraction of sp³-hybridized carbons (Fsp3) is 0.923. The molecule has 1 fully saturated rings. The van der Waals surface area contributed by atoms with Gasteiger partial charge in [0.15, 0.2) is 0 Å². The molecule has 1 aliphatic rings. The molecule has 88 valence electrons. The van der Waals surface area contributed by atoms with Crippen LogP contribution in [-0.4, -0.2) is 30.3 Å². The van der Waals surface area contributed by atoms with Crippen molar-refractivity contribution in [2.75, 3.05) is 19.6 Å². The van der Waals surface area contributed by atoms with Crippen molar-refractivity contribution in [3.05, 3.63) is 0 Å². The number of nitrogens with zero attached hydrogens (tertiary/aromatic N) is 1. The van der Waals surface area contributed by atoms with Crippen LogP contribution < -0.4 is 0 Å². The molecule has 15 heavy (non-hydrogen) atoms. The average Bonchev–Trinajstić information content (AvgIpc) is 2.27. The Hall–Kier alpha value is -0.370. The third kappa shape index (κ3) is 3.30. The van der Waals surface area contributed by atoms with Crippen LogP contribution in [0, 0.1) is 5.41 Å². The second-order valence-electron chi connectivity index (χ2n) is 5.03. The molecular weight excluding hydrogens is 186 g/mol. The second-order valence-corrected chi connectivity index (χ2v) is 5.03. The number of hydrogen-bond acceptors (Lipinski definition) is 2. The van der Waals surface area contributed by atoms with Crippen molar-refractivity contribution in [3.8, 4) is 0 Å². The van der Waals surface area contributed by atoms with Gasteiger partial charge in [-0.05, 0) is 38.9 Å². The van der Waals surface area contributed by atoms with E-state index < -0.39 is 0 Å². The van der Waals surface area contributed by atoms with E-state index in [-0.39, 0.29) is 5.41 Å². The van der Waals surface area contributed by atoms with Gasteiger partial charge in [-0.1, -0.05) is 27.2 Å². The molecule has 0 radical (unpaired) electrons. The Bertz CT molecular complexity index is 205. The summed E-state index contributed by atoms with van der Waals surface area (Å²) in [6, 6.07) is 0. The van der Waals surface area contributed by atoms with E-state index in [2.05, 4.69) is 18.7 Å². The maximum atomic E-state index is 11.8. The van der Waals surface area contributed by atoms with Crippen LogP contribution in [0.25, 0.3) is 0 Å². The number of carbonyl (C=O) groups excluding carboxylic acids is 1. The number of carbonyl (C=O) groups is 1. The van der Waals surface area contributed by atoms with Gasteiger partial charge in [0.25, 0.3) is 0 Å². The molecular formula is C13H25NO. The highest BCUT2D eigenvalue weighted by Gasteiger charge is 2.34. The molecule has 1 aliphatic heterocycles. The second kappa shape index (κ2) is 5.64. The van der Waals surface area contributed by atoms with Crippen molar-refractivity contribution in [1.82, 2.24) is 4.90 Å². The summed E-state index contributed by atoms with van der Waals surface area (Å²) in [5, 5.41) is 0. The Kier molecular flexibility index (Phi) is 4.78. The first-order valence-electron chi connectivity index (χ1n) is 6.38. The van der Waals surface area contributed by atoms with E-state index in [9.17, 15) is 4.79 Å². The van der Waals surface area contributed by atoms with Crippen molar-refractivity contribution >= 4 is 5.78 Å². The lowest BCUT2D eigenvalue weighted by Crippen LogP contribution is -2.42. The van der Waals surface area contributed by atoms with Crippen LogP contribution in [0.2, 0.25) is 0 Å². The molecule has 0 unspecified atom stereocenters. The predicted octanol–water partition coefficient (Wildman–Crippen LogP) is 2.87. The summed E-state index contributed by atoms with van der Waals surface area (Å²) in [5.41, 5.74) is -0.0164. The minimum absolute atomic E-state index is 0.0164. The molecule has 0 aromatic rings. The highest BCUT2D eigenvalue weighted by atomic mass is 16.1. The van der Waals surface area contributed by atoms with Gasteiger partial charge in [-0.15, -0.1) is 0 Å². The van der Waals surface area contributed by atoms with E-state index in [4.69, 9.17) is 0 Å². The zero-order valence-corrected chi connectivity index (χ0v) is 10.5. The highest BCUT2D eigenvalue weighted by Crippen LogP contribution is 2.32. The van der Waals surface area contributed by atoms with E-state index in [0.717, 1.165) is 25.9 Å². The van der Waals surface area contributed by atoms with Gasteiger partial charge in [0.05, 0.1) is 0 Å². The van der Waals surface area contributed by atoms with Gasteiger partial charge in [0.2, 0.25) is 0 Å². The third-order valence-electron chi connectivity index (χ3n) is 3.78. The van der Waals surface area contributed by atoms with E-state index >= 15 is 0 Å². The Morgan fingerprint density at radius 1 is 1.27 bits per heavy atom. The highest BCUT2D eigenvalue weighted by molar-refractivity contribution is 5.84. The minimum Gasteiger partial charge on any atom is -0.303 e. The van der Waals surface area contributed by atoms with Gasteiger partial charge >= 0.3 is 0 Å². The predicted molar refractivity (Wildman–Crippen MR) is 64.0 cm³/mol. The quantitative estimate of drug-likeness (QED) is 0.697. The summed E-state index contributed by atoms with van der Waals surface area (Å²) in [6.45, 7) is 9.80. The van der Waals surface area contributed by atoms with Gasteiger partial charge in [-0.25, -0.2) is 0 Å². The molecule has 1 saturated heterocycles. The van der Waals surface area contributed by atoms with E-state index in [1.807, 2.05) is 6.92 Å². The van der Waals surface area contributed by atoms with Crippen molar-refractivity contribution in [2.24, 2.45) is 5.41 Å². The first-order chi connectivity index (χ1) is 7.12. The zero-order chi connectivity index (χ0) is 11.3. The van der Waals surface area contributed by atoms with Gasteiger partial charge in [-0.3, -0.25) is 4.79 Å². The number of rotatable bonds is 5. The molecule has 0 spiro atoms. The number of unbranched alkanes of at least 4 members (excludes halogenated alkanes) is 1. The Morgan fingerprint density at radius 2 is 1.87 bits per heavy atom. The molecule has 0 bridgehead atoms. The maximum absolute atomic E-state index is 11.8. The topological polar surface area (TPSA) is 20.3 Å². The standard InChI is InChI=1S/C13H25NO/c1-4-6-9-14-10-7-13(3,8-11-14)12(15)5-2/h4-11H2,1-3H3. The SMILES string of the molecule is CCCCN1CCC(C)(C(=O)CC)CC1. The lowest BCUT2D eigenvalue weighted by Gasteiger charge is -2.38. The molecule has 0 N–H and O–H groups in total. The van der Waals surface area contributed by atoms with Crippen LogP contribution >= 0.6 is 0 Å². The van der Waals surface area contributed by atoms with Crippen molar-refractivity contribution < 1.29 is 4.79 Å². The number of piperidine rings is 1. The van der Waals surface area contributed by atoms with E-state index in [0.29, 0.717) is 12.2 Å². The number of likely N-dealkylation sites (tertiary alicyclic amines) is 1. The van der Waals surface area contributed by atoms with Crippen molar-refractivity contribution in [1.29, 1.82) is 0 Å². The fourth-order valence-electron chi connectivity index (χ4n) is 2.36. The average molecular weight is 211 g/mol. The molecule has 0 saturated carbocycles. The molecule has 1 heterocycles. The first-order valence-corrected chi connectivity index (χ1v) is 6.38. The van der Waals surface area contributed by atoms with Crippen LogP contribution in [0.1, 0.15) is 52.9 Å². The summed E-state index contributed by atoms with van der Waals surface area (Å²) < 4.78 is 0. The van der Waals surface area contributed by atoms with E-state index in [1.165, 1.54) is 19.4 Å². The van der Waals surface area contributed by atoms with Crippen LogP contribution in [0.5, 0.6) is 0 Å². The molecule has 2 heteroatoms. The number of hydrogen-bond donors (Lipinski definition) is 0. The summed E-state index contributed by atoms with van der Waals surface area (Å²) in [6.07, 6.45) is 5.37. The van der Waals surface area contributed by atoms with Gasteiger partial charge in [-0.2, -0.15) is 0 Å². The van der Waals surface area contributed by atoms with Crippen LogP contribution in [-0.2, 0) is 4.79 Å². The largest absolute Gasteiger partial charge is 0.303 e. The van der Waals surface area contributed by atoms with Gasteiger partial charge < -0.3 is 4.90 Å². The molecule has 0 aromatic heterocycles. The number of Topliss-reactive ketones (excluding diaryl/α,β-unsaturated/α-hetero) is 1. The maximum Gasteiger partial charge on any atom is 0.138 e. The Morgan fingerprint density at radius 3 is 2.33 bits per heavy atom. The normalized spacial score (nSPS) is 21.5. The van der Waals surface area contributed by atoms with Crippen LogP contribution in [0.4, 0.5) is 0 Å². The Labute approximate surface area is 94.0 Å². The monoisotopic (exact) mass is 211 g/mol. The van der Waals surface area contributed by atoms with Crippen LogP contribution in [0.3, 0.4) is 0 Å². The van der Waals surface area contributed by atoms with Gasteiger partial charge in [0.1, 0.15) is 5.78 Å². The summed E-state index contributed by atoms with van der Waals surface area (Å²) in [7, 11) is 0. The number of ketones is 1. The Balaban J connectivity index is 2.37. The smallest absolute Gasteiger partial charge is 0.138 e. The zero-order valence-electron chi connectivity index (χ0n) is 10.5. The first kappa shape index (κ1) is 12.7. The molecule has 0 aromatic carbocycles. The van der Waals surface area contributed by atoms with E-state index in [1.54, 1.807) is 0 Å². The molecule has 0 amide bonds. The van der Waals surface area contributed by atoms with Crippen molar-refractivity contribution in [2.45, 2.75) is 52.9 Å². The van der Waals surface area contributed by atoms with Crippen molar-refractivity contribution in [3.63, 3.8) is 0 Å². The molecule has 2 nitrogen and oxygen atoms in total. The molecule has 1 rings (SSSR count). The third-order valence-corrected chi connectivity index (χ3v) is 3.78. The molecule has 0 aliphatic carbocycles. The summed E-state index contributed by atoms with van der Waals surface area (Å²) in [5.74, 6) is 0.456. The summed E-state index contributed by atoms with van der Waals surface area (Å²) >= 11 is 0. The lowest BCUT2D eigenvalue weighted by atomic mass is 9.76. The van der Waals surface area contributed by atoms with Gasteiger partial charge in [0, 0.05) is 11.8 Å². The summed E-state index contributed by atoms with van der Waals surface area (Å²) in [4.78, 5) is 14.3.